The first-order valence-electron chi connectivity index (χ1n) is 11.7. The first-order valence-corrected chi connectivity index (χ1v) is 12.0. The van der Waals surface area contributed by atoms with Crippen LogP contribution in [0.1, 0.15) is 29.5 Å². The highest BCUT2D eigenvalue weighted by Crippen LogP contribution is 2.47. The highest BCUT2D eigenvalue weighted by Gasteiger charge is 2.46. The molecule has 1 fully saturated rings. The van der Waals surface area contributed by atoms with E-state index in [2.05, 4.69) is 11.0 Å². The number of benzene rings is 3. The topological polar surface area (TPSA) is 56.6 Å². The number of hydrogen-bond donors (Lipinski definition) is 0. The van der Waals surface area contributed by atoms with Crippen LogP contribution in [-0.4, -0.2) is 37.0 Å². The first-order chi connectivity index (χ1) is 17.0. The molecule has 2 heterocycles. The van der Waals surface area contributed by atoms with Crippen LogP contribution in [0.25, 0.3) is 0 Å². The zero-order valence-corrected chi connectivity index (χ0v) is 20.0. The van der Waals surface area contributed by atoms with Crippen molar-refractivity contribution >= 4 is 23.2 Å². The summed E-state index contributed by atoms with van der Waals surface area (Å²) in [6, 6.07) is 21.4. The number of piperidine rings is 1. The number of amides is 1. The van der Waals surface area contributed by atoms with E-state index in [1.54, 1.807) is 41.3 Å². The van der Waals surface area contributed by atoms with Crippen molar-refractivity contribution in [1.82, 2.24) is 4.90 Å². The molecule has 35 heavy (non-hydrogen) atoms. The zero-order chi connectivity index (χ0) is 24.4. The predicted molar refractivity (Wildman–Crippen MR) is 133 cm³/mol. The van der Waals surface area contributed by atoms with Crippen molar-refractivity contribution < 1.29 is 13.9 Å². The van der Waals surface area contributed by atoms with Gasteiger partial charge in [0.25, 0.3) is 5.91 Å². The summed E-state index contributed by atoms with van der Waals surface area (Å²) >= 11 is 5.92. The summed E-state index contributed by atoms with van der Waals surface area (Å²) in [6.45, 7) is 2.92. The highest BCUT2D eigenvalue weighted by molar-refractivity contribution is 6.30. The molecule has 1 amide bonds. The van der Waals surface area contributed by atoms with Crippen LogP contribution in [0.3, 0.4) is 0 Å². The summed E-state index contributed by atoms with van der Waals surface area (Å²) in [5.41, 5.74) is 3.23. The Kier molecular flexibility index (Phi) is 6.46. The van der Waals surface area contributed by atoms with Crippen molar-refractivity contribution in [3.8, 4) is 11.8 Å². The predicted octanol–water partition coefficient (Wildman–Crippen LogP) is 5.31. The lowest BCUT2D eigenvalue weighted by Gasteiger charge is -2.40. The fourth-order valence-corrected chi connectivity index (χ4v) is 5.25. The largest absolute Gasteiger partial charge is 0.484 e. The smallest absolute Gasteiger partial charge is 0.264 e. The van der Waals surface area contributed by atoms with Gasteiger partial charge in [-0.3, -0.25) is 9.69 Å². The minimum atomic E-state index is -0.283. The fourth-order valence-electron chi connectivity index (χ4n) is 5.13. The third-order valence-corrected chi connectivity index (χ3v) is 7.31. The molecule has 5 rings (SSSR count). The molecule has 0 unspecified atom stereocenters. The summed E-state index contributed by atoms with van der Waals surface area (Å²) in [5, 5.41) is 9.61. The van der Waals surface area contributed by atoms with Crippen molar-refractivity contribution in [3.63, 3.8) is 0 Å². The molecule has 2 aliphatic heterocycles. The molecule has 0 aromatic heterocycles. The zero-order valence-electron chi connectivity index (χ0n) is 19.2. The van der Waals surface area contributed by atoms with Crippen molar-refractivity contribution in [3.05, 3.63) is 94.3 Å². The summed E-state index contributed by atoms with van der Waals surface area (Å²) < 4.78 is 20.0. The molecule has 5 nitrogen and oxygen atoms in total. The van der Waals surface area contributed by atoms with E-state index in [1.807, 2.05) is 24.3 Å². The number of anilines is 1. The highest BCUT2D eigenvalue weighted by atomic mass is 35.5. The van der Waals surface area contributed by atoms with E-state index >= 15 is 0 Å². The molecule has 0 atom stereocenters. The molecular formula is C28H25ClFN3O2. The molecule has 178 valence electrons. The van der Waals surface area contributed by atoms with Crippen LogP contribution in [0.5, 0.6) is 5.75 Å². The maximum absolute atomic E-state index is 14.3. The Hall–Kier alpha value is -3.40. The molecule has 0 saturated carbocycles. The van der Waals surface area contributed by atoms with Crippen molar-refractivity contribution in [1.29, 1.82) is 5.26 Å². The van der Waals surface area contributed by atoms with Gasteiger partial charge in [0.2, 0.25) is 0 Å². The summed E-state index contributed by atoms with van der Waals surface area (Å²) in [6.07, 6.45) is 1.67. The number of carbonyl (C=O) groups excluding carboxylic acids is 1. The number of fused-ring (bicyclic) bond motifs is 2. The first kappa shape index (κ1) is 23.3. The van der Waals surface area contributed by atoms with Crippen molar-refractivity contribution in [2.75, 3.05) is 31.1 Å². The summed E-state index contributed by atoms with van der Waals surface area (Å²) in [7, 11) is 0. The number of hydrogen-bond acceptors (Lipinski definition) is 4. The average Bonchev–Trinajstić information content (AvgIpc) is 3.18. The Bertz CT molecular complexity index is 1260. The van der Waals surface area contributed by atoms with E-state index < -0.39 is 0 Å². The summed E-state index contributed by atoms with van der Waals surface area (Å²) in [5.74, 6) is 0.145. The fraction of sp³-hybridized carbons (Fsp3) is 0.286. The van der Waals surface area contributed by atoms with Crippen LogP contribution in [0.15, 0.2) is 66.7 Å². The number of ether oxygens (including phenoxy) is 1. The molecular weight excluding hydrogens is 465 g/mol. The molecule has 3 aromatic carbocycles. The second-order valence-electron chi connectivity index (χ2n) is 9.25. The molecule has 1 spiro atoms. The van der Waals surface area contributed by atoms with E-state index in [4.69, 9.17) is 21.6 Å². The van der Waals surface area contributed by atoms with Gasteiger partial charge in [0.05, 0.1) is 11.6 Å². The lowest BCUT2D eigenvalue weighted by Crippen LogP contribution is -2.46. The normalized spacial score (nSPS) is 16.7. The van der Waals surface area contributed by atoms with Crippen LogP contribution in [0, 0.1) is 17.1 Å². The van der Waals surface area contributed by atoms with Gasteiger partial charge in [-0.2, -0.15) is 5.26 Å². The lowest BCUT2D eigenvalue weighted by molar-refractivity contribution is -0.120. The van der Waals surface area contributed by atoms with Crippen LogP contribution >= 0.6 is 11.6 Å². The molecule has 3 aromatic rings. The summed E-state index contributed by atoms with van der Waals surface area (Å²) in [4.78, 5) is 17.3. The maximum Gasteiger partial charge on any atom is 0.264 e. The van der Waals surface area contributed by atoms with Gasteiger partial charge in [-0.25, -0.2) is 4.39 Å². The van der Waals surface area contributed by atoms with Crippen molar-refractivity contribution in [2.24, 2.45) is 0 Å². The van der Waals surface area contributed by atoms with Gasteiger partial charge in [-0.15, -0.1) is 0 Å². The molecule has 0 N–H and O–H groups in total. The number of nitriles is 1. The van der Waals surface area contributed by atoms with E-state index in [0.717, 1.165) is 49.3 Å². The van der Waals surface area contributed by atoms with E-state index in [9.17, 15) is 9.18 Å². The number of nitrogens with zero attached hydrogens (tertiary/aromatic N) is 3. The van der Waals surface area contributed by atoms with Gasteiger partial charge in [0.15, 0.2) is 6.61 Å². The Labute approximate surface area is 209 Å². The number of likely N-dealkylation sites (tertiary alicyclic amines) is 1. The van der Waals surface area contributed by atoms with E-state index in [1.165, 1.54) is 6.07 Å². The molecule has 0 aliphatic carbocycles. The van der Waals surface area contributed by atoms with Gasteiger partial charge in [-0.05, 0) is 91.7 Å². The third kappa shape index (κ3) is 4.88. The van der Waals surface area contributed by atoms with Gasteiger partial charge in [-0.1, -0.05) is 23.7 Å². The number of halogens is 2. The maximum atomic E-state index is 14.3. The quantitative estimate of drug-likeness (QED) is 0.487. The number of carbonyl (C=O) groups is 1. The standard InChI is InChI=1S/C28H25ClFN3O2/c29-22-5-8-24(9-6-22)35-18-27(34)33-19-28(25-15-23(30)7-10-26(25)33)11-13-32(14-12-28)17-21-3-1-20(16-31)2-4-21/h1-10,15H,11-14,17-19H2. The Morgan fingerprint density at radius 1 is 1.06 bits per heavy atom. The lowest BCUT2D eigenvalue weighted by atomic mass is 9.74. The Morgan fingerprint density at radius 3 is 2.46 bits per heavy atom. The molecule has 2 aliphatic rings. The van der Waals surface area contributed by atoms with Gasteiger partial charge in [0, 0.05) is 29.2 Å². The second kappa shape index (κ2) is 9.69. The monoisotopic (exact) mass is 489 g/mol. The molecule has 7 heteroatoms. The van der Waals surface area contributed by atoms with Crippen LogP contribution in [-0.2, 0) is 16.8 Å². The Morgan fingerprint density at radius 2 is 1.77 bits per heavy atom. The average molecular weight is 490 g/mol. The SMILES string of the molecule is N#Cc1ccc(CN2CCC3(CC2)CN(C(=O)COc2ccc(Cl)cc2)c2ccc(F)cc23)cc1. The van der Waals surface area contributed by atoms with Crippen LogP contribution in [0.4, 0.5) is 10.1 Å². The second-order valence-corrected chi connectivity index (χ2v) is 9.69. The Balaban J connectivity index is 1.28. The molecule has 0 bridgehead atoms. The molecule has 1 saturated heterocycles. The number of rotatable bonds is 5. The van der Waals surface area contributed by atoms with Crippen LogP contribution in [0.2, 0.25) is 5.02 Å². The van der Waals surface area contributed by atoms with E-state index in [-0.39, 0.29) is 23.7 Å². The van der Waals surface area contributed by atoms with Crippen LogP contribution < -0.4 is 9.64 Å². The molecule has 0 radical (unpaired) electrons. The minimum absolute atomic E-state index is 0.0979. The minimum Gasteiger partial charge on any atom is -0.484 e. The van der Waals surface area contributed by atoms with Gasteiger partial charge < -0.3 is 9.64 Å². The third-order valence-electron chi connectivity index (χ3n) is 7.06. The van der Waals surface area contributed by atoms with Crippen molar-refractivity contribution in [2.45, 2.75) is 24.8 Å². The van der Waals surface area contributed by atoms with Gasteiger partial charge >= 0.3 is 0 Å². The van der Waals surface area contributed by atoms with Gasteiger partial charge in [0.1, 0.15) is 11.6 Å². The van der Waals surface area contributed by atoms with E-state index in [0.29, 0.717) is 22.9 Å².